The first-order valence-electron chi connectivity index (χ1n) is 8.02. The standard InChI is InChI=1S/C18H13FN4O3S2/c1-10-13(5-11(18(20)24)6-14(10)19)15-7-12-8-22-23(16(12)9-21-15)28(25,26)17-3-2-4-27-17/h2-9H,1H3,(H2,20,24). The lowest BCUT2D eigenvalue weighted by molar-refractivity contribution is 0.1000. The van der Waals surface area contributed by atoms with Crippen LogP contribution in [0.1, 0.15) is 15.9 Å². The summed E-state index contributed by atoms with van der Waals surface area (Å²) in [5.74, 6) is -1.33. The van der Waals surface area contributed by atoms with E-state index < -0.39 is 21.7 Å². The molecule has 28 heavy (non-hydrogen) atoms. The quantitative estimate of drug-likeness (QED) is 0.550. The number of carbonyl (C=O) groups is 1. The number of halogens is 1. The van der Waals surface area contributed by atoms with Crippen molar-refractivity contribution in [2.75, 3.05) is 0 Å². The maximum absolute atomic E-state index is 14.2. The number of hydrogen-bond donors (Lipinski definition) is 1. The fourth-order valence-corrected chi connectivity index (χ4v) is 5.14. The molecule has 10 heteroatoms. The smallest absolute Gasteiger partial charge is 0.293 e. The Kier molecular flexibility index (Phi) is 4.24. The third kappa shape index (κ3) is 2.86. The first-order valence-corrected chi connectivity index (χ1v) is 10.3. The van der Waals surface area contributed by atoms with Gasteiger partial charge in [0.05, 0.1) is 18.1 Å². The maximum Gasteiger partial charge on any atom is 0.293 e. The second-order valence-corrected chi connectivity index (χ2v) is 8.99. The molecule has 3 aromatic heterocycles. The van der Waals surface area contributed by atoms with Crippen molar-refractivity contribution in [1.29, 1.82) is 0 Å². The number of amides is 1. The minimum atomic E-state index is -3.83. The fourth-order valence-electron chi connectivity index (χ4n) is 2.83. The highest BCUT2D eigenvalue weighted by Gasteiger charge is 2.22. The number of nitrogens with two attached hydrogens (primary N) is 1. The summed E-state index contributed by atoms with van der Waals surface area (Å²) in [5, 5.41) is 6.16. The predicted octanol–water partition coefficient (Wildman–Crippen LogP) is 2.94. The molecule has 4 rings (SSSR count). The van der Waals surface area contributed by atoms with Gasteiger partial charge in [-0.2, -0.15) is 17.6 Å². The average Bonchev–Trinajstić information content (AvgIpc) is 3.33. The van der Waals surface area contributed by atoms with Crippen molar-refractivity contribution in [3.8, 4) is 11.3 Å². The zero-order valence-corrected chi connectivity index (χ0v) is 16.1. The van der Waals surface area contributed by atoms with Crippen LogP contribution in [-0.4, -0.2) is 28.5 Å². The Labute approximate surface area is 163 Å². The summed E-state index contributed by atoms with van der Waals surface area (Å²) in [7, 11) is -3.83. The molecular weight excluding hydrogens is 403 g/mol. The number of hydrogen-bond acceptors (Lipinski definition) is 6. The van der Waals surface area contributed by atoms with Crippen LogP contribution < -0.4 is 5.73 Å². The van der Waals surface area contributed by atoms with Crippen LogP contribution in [0.15, 0.2) is 52.3 Å². The summed E-state index contributed by atoms with van der Waals surface area (Å²) >= 11 is 1.09. The summed E-state index contributed by atoms with van der Waals surface area (Å²) < 4.78 is 40.7. The molecule has 0 aliphatic carbocycles. The van der Waals surface area contributed by atoms with Crippen molar-refractivity contribution in [3.05, 3.63) is 65.0 Å². The van der Waals surface area contributed by atoms with Gasteiger partial charge in [0, 0.05) is 16.5 Å². The summed E-state index contributed by atoms with van der Waals surface area (Å²) in [6.07, 6.45) is 2.76. The van der Waals surface area contributed by atoms with Crippen LogP contribution in [0.3, 0.4) is 0 Å². The van der Waals surface area contributed by atoms with Crippen LogP contribution in [0.2, 0.25) is 0 Å². The maximum atomic E-state index is 14.2. The van der Waals surface area contributed by atoms with Crippen LogP contribution >= 0.6 is 11.3 Å². The highest BCUT2D eigenvalue weighted by molar-refractivity contribution is 7.92. The number of thiophene rings is 1. The molecule has 0 saturated heterocycles. The fraction of sp³-hybridized carbons (Fsp3) is 0.0556. The molecule has 0 fully saturated rings. The molecule has 4 aromatic rings. The molecule has 0 radical (unpaired) electrons. The zero-order chi connectivity index (χ0) is 20.1. The molecule has 2 N–H and O–H groups in total. The molecule has 1 amide bonds. The number of nitrogens with zero attached hydrogens (tertiary/aromatic N) is 3. The number of rotatable bonds is 4. The minimum Gasteiger partial charge on any atom is -0.366 e. The van der Waals surface area contributed by atoms with E-state index in [1.165, 1.54) is 24.5 Å². The lowest BCUT2D eigenvalue weighted by Crippen LogP contribution is -2.13. The number of benzene rings is 1. The van der Waals surface area contributed by atoms with Crippen molar-refractivity contribution in [1.82, 2.24) is 14.2 Å². The Morgan fingerprint density at radius 3 is 2.71 bits per heavy atom. The Morgan fingerprint density at radius 2 is 2.04 bits per heavy atom. The Balaban J connectivity index is 1.87. The number of aromatic nitrogens is 3. The largest absolute Gasteiger partial charge is 0.366 e. The van der Waals surface area contributed by atoms with Crippen molar-refractivity contribution >= 4 is 38.2 Å². The van der Waals surface area contributed by atoms with Gasteiger partial charge in [0.2, 0.25) is 5.91 Å². The van der Waals surface area contributed by atoms with E-state index in [9.17, 15) is 17.6 Å². The van der Waals surface area contributed by atoms with Gasteiger partial charge in [0.1, 0.15) is 15.5 Å². The Morgan fingerprint density at radius 1 is 1.25 bits per heavy atom. The van der Waals surface area contributed by atoms with Crippen molar-refractivity contribution in [2.45, 2.75) is 11.1 Å². The molecular formula is C18H13FN4O3S2. The monoisotopic (exact) mass is 416 g/mol. The number of carbonyl (C=O) groups excluding carboxylic acids is 1. The second kappa shape index (κ2) is 6.50. The molecule has 142 valence electrons. The first kappa shape index (κ1) is 18.3. The van der Waals surface area contributed by atoms with Gasteiger partial charge in [-0.15, -0.1) is 11.3 Å². The van der Waals surface area contributed by atoms with E-state index in [-0.39, 0.29) is 9.77 Å². The summed E-state index contributed by atoms with van der Waals surface area (Å²) in [5.41, 5.74) is 6.65. The van der Waals surface area contributed by atoms with E-state index in [0.29, 0.717) is 27.7 Å². The van der Waals surface area contributed by atoms with Crippen molar-refractivity contribution in [2.24, 2.45) is 5.73 Å². The lowest BCUT2D eigenvalue weighted by Gasteiger charge is -2.09. The van der Waals surface area contributed by atoms with Gasteiger partial charge >= 0.3 is 0 Å². The van der Waals surface area contributed by atoms with Crippen LogP contribution in [0, 0.1) is 12.7 Å². The van der Waals surface area contributed by atoms with Crippen molar-refractivity contribution in [3.63, 3.8) is 0 Å². The lowest BCUT2D eigenvalue weighted by atomic mass is 10.0. The molecule has 3 heterocycles. The van der Waals surface area contributed by atoms with Gasteiger partial charge in [-0.05, 0) is 42.1 Å². The topological polar surface area (TPSA) is 108 Å². The van der Waals surface area contributed by atoms with Crippen LogP contribution in [-0.2, 0) is 10.0 Å². The summed E-state index contributed by atoms with van der Waals surface area (Å²) in [4.78, 5) is 15.7. The molecule has 0 saturated carbocycles. The van der Waals surface area contributed by atoms with Gasteiger partial charge in [-0.1, -0.05) is 6.07 Å². The molecule has 0 atom stereocenters. The summed E-state index contributed by atoms with van der Waals surface area (Å²) in [6.45, 7) is 1.56. The van der Waals surface area contributed by atoms with E-state index >= 15 is 0 Å². The number of fused-ring (bicyclic) bond motifs is 1. The molecule has 0 aliphatic rings. The highest BCUT2D eigenvalue weighted by atomic mass is 32.2. The molecule has 7 nitrogen and oxygen atoms in total. The van der Waals surface area contributed by atoms with Crippen LogP contribution in [0.25, 0.3) is 22.2 Å². The van der Waals surface area contributed by atoms with E-state index in [1.54, 1.807) is 24.4 Å². The van der Waals surface area contributed by atoms with Gasteiger partial charge in [0.15, 0.2) is 0 Å². The SMILES string of the molecule is Cc1c(F)cc(C(N)=O)cc1-c1cc2cnn(S(=O)(=O)c3cccs3)c2cn1. The third-order valence-electron chi connectivity index (χ3n) is 4.30. The average molecular weight is 416 g/mol. The first-order chi connectivity index (χ1) is 13.3. The Hall–Kier alpha value is -3.11. The number of pyridine rings is 1. The molecule has 0 spiro atoms. The van der Waals surface area contributed by atoms with Gasteiger partial charge < -0.3 is 5.73 Å². The molecule has 0 aliphatic heterocycles. The van der Waals surface area contributed by atoms with E-state index in [2.05, 4.69) is 10.1 Å². The molecule has 1 aromatic carbocycles. The van der Waals surface area contributed by atoms with E-state index in [0.717, 1.165) is 21.5 Å². The van der Waals surface area contributed by atoms with E-state index in [4.69, 9.17) is 5.73 Å². The Bertz CT molecular complexity index is 1330. The van der Waals surface area contributed by atoms with Crippen LogP contribution in [0.5, 0.6) is 0 Å². The zero-order valence-electron chi connectivity index (χ0n) is 14.5. The van der Waals surface area contributed by atoms with Gasteiger partial charge in [-0.3, -0.25) is 9.78 Å². The summed E-state index contributed by atoms with van der Waals surface area (Å²) in [6, 6.07) is 7.27. The van der Waals surface area contributed by atoms with Gasteiger partial charge in [0.25, 0.3) is 10.0 Å². The molecule has 0 bridgehead atoms. The van der Waals surface area contributed by atoms with Crippen LogP contribution in [0.4, 0.5) is 4.39 Å². The minimum absolute atomic E-state index is 0.0240. The highest BCUT2D eigenvalue weighted by Crippen LogP contribution is 2.29. The normalized spacial score (nSPS) is 11.8. The second-order valence-electron chi connectivity index (χ2n) is 6.05. The predicted molar refractivity (Wildman–Crippen MR) is 103 cm³/mol. The third-order valence-corrected chi connectivity index (χ3v) is 7.28. The van der Waals surface area contributed by atoms with E-state index in [1.807, 2.05) is 0 Å². The number of primary amides is 1. The molecule has 0 unspecified atom stereocenters. The van der Waals surface area contributed by atoms with Gasteiger partial charge in [-0.25, -0.2) is 4.39 Å². The van der Waals surface area contributed by atoms with Crippen molar-refractivity contribution < 1.29 is 17.6 Å².